The number of anilines is 1. The van der Waals surface area contributed by atoms with E-state index >= 15 is 0 Å². The Morgan fingerprint density at radius 3 is 2.71 bits per heavy atom. The number of hydrogen-bond donors (Lipinski definition) is 1. The maximum absolute atomic E-state index is 12.4. The van der Waals surface area contributed by atoms with Crippen LogP contribution in [0.1, 0.15) is 28.9 Å². The first-order chi connectivity index (χ1) is 11.5. The molecule has 0 spiro atoms. The van der Waals surface area contributed by atoms with Crippen LogP contribution in [-0.4, -0.2) is 47.3 Å². The molecule has 1 aromatic carbocycles. The van der Waals surface area contributed by atoms with Gasteiger partial charge in [0.1, 0.15) is 6.04 Å². The minimum atomic E-state index is -0.190. The largest absolute Gasteiger partial charge is 0.378 e. The number of nitrogens with zero attached hydrogens (tertiary/aromatic N) is 3. The number of aryl methyl sites for hydroxylation is 3. The Bertz CT molecular complexity index is 708. The molecule has 24 heavy (non-hydrogen) atoms. The maximum Gasteiger partial charge on any atom is 0.246 e. The van der Waals surface area contributed by atoms with Gasteiger partial charge in [-0.2, -0.15) is 4.98 Å². The summed E-state index contributed by atoms with van der Waals surface area (Å²) < 4.78 is 10.8. The number of nitrogens with one attached hydrogen (secondary N) is 1. The van der Waals surface area contributed by atoms with Crippen molar-refractivity contribution in [3.8, 4) is 0 Å². The van der Waals surface area contributed by atoms with Crippen molar-refractivity contribution in [1.82, 2.24) is 15.0 Å². The highest BCUT2D eigenvalue weighted by Gasteiger charge is 2.30. The molecule has 128 valence electrons. The normalized spacial score (nSPS) is 18.5. The number of rotatable bonds is 4. The summed E-state index contributed by atoms with van der Waals surface area (Å²) in [5.41, 5.74) is 3.06. The van der Waals surface area contributed by atoms with Crippen molar-refractivity contribution in [2.45, 2.75) is 26.8 Å². The Hall–Kier alpha value is -2.25. The lowest BCUT2D eigenvalue weighted by Crippen LogP contribution is -2.43. The molecule has 1 atom stereocenters. The first-order valence-electron chi connectivity index (χ1n) is 8.01. The molecule has 1 aromatic heterocycles. The van der Waals surface area contributed by atoms with Gasteiger partial charge in [0.2, 0.25) is 11.8 Å². The Morgan fingerprint density at radius 1 is 1.29 bits per heavy atom. The van der Waals surface area contributed by atoms with Gasteiger partial charge in [-0.1, -0.05) is 11.2 Å². The van der Waals surface area contributed by atoms with Crippen LogP contribution in [0.4, 0.5) is 5.69 Å². The van der Waals surface area contributed by atoms with E-state index in [1.807, 2.05) is 30.9 Å². The van der Waals surface area contributed by atoms with Crippen LogP contribution >= 0.6 is 0 Å². The van der Waals surface area contributed by atoms with Gasteiger partial charge >= 0.3 is 0 Å². The van der Waals surface area contributed by atoms with Gasteiger partial charge in [-0.25, -0.2) is 0 Å². The minimum Gasteiger partial charge on any atom is -0.378 e. The van der Waals surface area contributed by atoms with Crippen LogP contribution in [-0.2, 0) is 9.53 Å². The smallest absolute Gasteiger partial charge is 0.246 e. The van der Waals surface area contributed by atoms with E-state index in [2.05, 4.69) is 21.5 Å². The van der Waals surface area contributed by atoms with Gasteiger partial charge in [-0.05, 0) is 44.0 Å². The van der Waals surface area contributed by atoms with E-state index in [0.717, 1.165) is 16.8 Å². The molecule has 1 aliphatic rings. The van der Waals surface area contributed by atoms with Crippen LogP contribution < -0.4 is 5.32 Å². The topological polar surface area (TPSA) is 80.5 Å². The molecule has 2 heterocycles. The first-order valence-corrected chi connectivity index (χ1v) is 8.01. The summed E-state index contributed by atoms with van der Waals surface area (Å²) in [6.07, 6.45) is 0. The Balaban J connectivity index is 1.67. The van der Waals surface area contributed by atoms with E-state index in [1.165, 1.54) is 0 Å². The fraction of sp³-hybridized carbons (Fsp3) is 0.471. The molecule has 2 aromatic rings. The molecule has 1 aliphatic heterocycles. The zero-order valence-electron chi connectivity index (χ0n) is 14.2. The number of aromatic nitrogens is 2. The fourth-order valence-electron chi connectivity index (χ4n) is 2.94. The predicted molar refractivity (Wildman–Crippen MR) is 88.7 cm³/mol. The average molecular weight is 330 g/mol. The van der Waals surface area contributed by atoms with Crippen molar-refractivity contribution in [1.29, 1.82) is 0 Å². The number of carbonyl (C=O) groups is 1. The van der Waals surface area contributed by atoms with E-state index in [9.17, 15) is 4.79 Å². The molecule has 0 radical (unpaired) electrons. The Morgan fingerprint density at radius 2 is 2.04 bits per heavy atom. The molecule has 7 nitrogen and oxygen atoms in total. The SMILES string of the molecule is Cc1cc(C)cc(NC(=O)CN2CCOC[C@@H]2c2nc(C)no2)c1. The summed E-state index contributed by atoms with van der Waals surface area (Å²) in [5.74, 6) is 1.00. The Labute approximate surface area is 141 Å². The Kier molecular flexibility index (Phi) is 4.92. The molecular formula is C17H22N4O3. The number of benzene rings is 1. The highest BCUT2D eigenvalue weighted by molar-refractivity contribution is 5.92. The van der Waals surface area contributed by atoms with Gasteiger partial charge in [0, 0.05) is 12.2 Å². The van der Waals surface area contributed by atoms with E-state index in [-0.39, 0.29) is 18.5 Å². The summed E-state index contributed by atoms with van der Waals surface area (Å²) >= 11 is 0. The second kappa shape index (κ2) is 7.11. The lowest BCUT2D eigenvalue weighted by atomic mass is 10.1. The van der Waals surface area contributed by atoms with Crippen LogP contribution in [0.5, 0.6) is 0 Å². The van der Waals surface area contributed by atoms with Crippen molar-refractivity contribution < 1.29 is 14.1 Å². The summed E-state index contributed by atoms with van der Waals surface area (Å²) in [7, 11) is 0. The van der Waals surface area contributed by atoms with E-state index in [4.69, 9.17) is 9.26 Å². The van der Waals surface area contributed by atoms with Crippen molar-refractivity contribution in [3.05, 3.63) is 41.0 Å². The predicted octanol–water partition coefficient (Wildman–Crippen LogP) is 2.01. The lowest BCUT2D eigenvalue weighted by Gasteiger charge is -2.32. The summed E-state index contributed by atoms with van der Waals surface area (Å²) in [6.45, 7) is 7.72. The molecular weight excluding hydrogens is 308 g/mol. The number of amides is 1. The lowest BCUT2D eigenvalue weighted by molar-refractivity contribution is -0.120. The van der Waals surface area contributed by atoms with Gasteiger partial charge in [-0.15, -0.1) is 0 Å². The molecule has 0 bridgehead atoms. The molecule has 0 aliphatic carbocycles. The molecule has 0 saturated carbocycles. The van der Waals surface area contributed by atoms with Gasteiger partial charge in [-0.3, -0.25) is 9.69 Å². The van der Waals surface area contributed by atoms with E-state index in [0.29, 0.717) is 31.5 Å². The molecule has 1 fully saturated rings. The zero-order valence-corrected chi connectivity index (χ0v) is 14.2. The number of carbonyl (C=O) groups excluding carboxylic acids is 1. The molecule has 7 heteroatoms. The van der Waals surface area contributed by atoms with Gasteiger partial charge in [0.15, 0.2) is 5.82 Å². The third kappa shape index (κ3) is 3.98. The summed E-state index contributed by atoms with van der Waals surface area (Å²) in [6, 6.07) is 5.81. The first kappa shape index (κ1) is 16.6. The fourth-order valence-corrected chi connectivity index (χ4v) is 2.94. The monoisotopic (exact) mass is 330 g/mol. The van der Waals surface area contributed by atoms with Crippen LogP contribution in [0.25, 0.3) is 0 Å². The minimum absolute atomic E-state index is 0.0665. The van der Waals surface area contributed by atoms with Crippen molar-refractivity contribution >= 4 is 11.6 Å². The third-order valence-electron chi connectivity index (χ3n) is 3.92. The van der Waals surface area contributed by atoms with Crippen molar-refractivity contribution in [2.75, 3.05) is 31.6 Å². The van der Waals surface area contributed by atoms with Crippen molar-refractivity contribution in [3.63, 3.8) is 0 Å². The molecule has 1 amide bonds. The van der Waals surface area contributed by atoms with Crippen molar-refractivity contribution in [2.24, 2.45) is 0 Å². The zero-order chi connectivity index (χ0) is 17.1. The second-order valence-electron chi connectivity index (χ2n) is 6.17. The van der Waals surface area contributed by atoms with Crippen LogP contribution in [0.15, 0.2) is 22.7 Å². The highest BCUT2D eigenvalue weighted by Crippen LogP contribution is 2.22. The molecule has 1 N–H and O–H groups in total. The van der Waals surface area contributed by atoms with Crippen LogP contribution in [0, 0.1) is 20.8 Å². The summed E-state index contributed by atoms with van der Waals surface area (Å²) in [4.78, 5) is 18.7. The number of morpholine rings is 1. The molecule has 3 rings (SSSR count). The van der Waals surface area contributed by atoms with Gasteiger partial charge in [0.25, 0.3) is 0 Å². The average Bonchev–Trinajstić information content (AvgIpc) is 2.93. The summed E-state index contributed by atoms with van der Waals surface area (Å²) in [5, 5.41) is 6.78. The molecule has 1 saturated heterocycles. The number of ether oxygens (including phenoxy) is 1. The highest BCUT2D eigenvalue weighted by atomic mass is 16.5. The van der Waals surface area contributed by atoms with E-state index < -0.39 is 0 Å². The second-order valence-corrected chi connectivity index (χ2v) is 6.17. The van der Waals surface area contributed by atoms with E-state index in [1.54, 1.807) is 6.92 Å². The van der Waals surface area contributed by atoms with Gasteiger partial charge in [0.05, 0.1) is 19.8 Å². The quantitative estimate of drug-likeness (QED) is 0.923. The standard InChI is InChI=1S/C17H22N4O3/c1-11-6-12(2)8-14(7-11)19-16(22)9-21-4-5-23-10-15(21)17-18-13(3)20-24-17/h6-8,15H,4-5,9-10H2,1-3H3,(H,19,22)/t15-/m1/s1. The maximum atomic E-state index is 12.4. The van der Waals surface area contributed by atoms with Crippen LogP contribution in [0.2, 0.25) is 0 Å². The third-order valence-corrected chi connectivity index (χ3v) is 3.92. The number of hydrogen-bond acceptors (Lipinski definition) is 6. The van der Waals surface area contributed by atoms with Crippen LogP contribution in [0.3, 0.4) is 0 Å². The van der Waals surface area contributed by atoms with Gasteiger partial charge < -0.3 is 14.6 Å². The molecule has 0 unspecified atom stereocenters.